The fourth-order valence-electron chi connectivity index (χ4n) is 5.36. The van der Waals surface area contributed by atoms with E-state index in [1.165, 1.54) is 12.8 Å². The molecule has 2 atom stereocenters. The molecular weight excluding hydrogens is 400 g/mol. The summed E-state index contributed by atoms with van der Waals surface area (Å²) in [6, 6.07) is 15.8. The zero-order valence-corrected chi connectivity index (χ0v) is 18.6. The number of fused-ring (bicyclic) bond motifs is 1. The van der Waals surface area contributed by atoms with Crippen molar-refractivity contribution in [2.24, 2.45) is 17.3 Å². The molecule has 6 heteroatoms. The molecule has 1 N–H and O–H groups in total. The molecule has 0 bridgehead atoms. The highest BCUT2D eigenvalue weighted by Gasteiger charge is 2.53. The lowest BCUT2D eigenvalue weighted by atomic mass is 9.74. The van der Waals surface area contributed by atoms with Crippen LogP contribution in [0.3, 0.4) is 0 Å². The van der Waals surface area contributed by atoms with Crippen LogP contribution >= 0.6 is 0 Å². The van der Waals surface area contributed by atoms with E-state index < -0.39 is 5.41 Å². The Labute approximate surface area is 190 Å². The summed E-state index contributed by atoms with van der Waals surface area (Å²) in [5.41, 5.74) is 0.575. The maximum Gasteiger partial charge on any atom is 0.228 e. The Hall–Kier alpha value is -2.89. The Kier molecular flexibility index (Phi) is 5.85. The molecule has 3 aliphatic rings. The molecule has 2 aliphatic heterocycles. The quantitative estimate of drug-likeness (QED) is 0.762. The standard InChI is InChI=1S/C26H32N4O2/c31-24(15-20-7-2-1-3-8-20)29-14-6-12-26(25(32)28-16-21-10-11-21)19-30(18-22(26)17-29)23-9-4-5-13-27-23/h1-5,7-9,13,21-22H,6,10-12,14-19H2,(H,28,32)/t22-,26-/m0/s1. The Morgan fingerprint density at radius 2 is 1.88 bits per heavy atom. The van der Waals surface area contributed by atoms with Crippen molar-refractivity contribution in [1.82, 2.24) is 15.2 Å². The van der Waals surface area contributed by atoms with Gasteiger partial charge in [-0.05, 0) is 49.3 Å². The fraction of sp³-hybridized carbons (Fsp3) is 0.500. The number of carbonyl (C=O) groups excluding carboxylic acids is 2. The summed E-state index contributed by atoms with van der Waals surface area (Å²) in [7, 11) is 0. The van der Waals surface area contributed by atoms with Crippen LogP contribution in [0.5, 0.6) is 0 Å². The van der Waals surface area contributed by atoms with E-state index in [0.29, 0.717) is 25.4 Å². The second-order valence-electron chi connectivity index (χ2n) is 9.68. The van der Waals surface area contributed by atoms with Gasteiger partial charge in [0.05, 0.1) is 11.8 Å². The van der Waals surface area contributed by atoms with Gasteiger partial charge in [0.2, 0.25) is 11.8 Å². The second-order valence-corrected chi connectivity index (χ2v) is 9.68. The zero-order chi connectivity index (χ0) is 22.0. The highest BCUT2D eigenvalue weighted by atomic mass is 16.2. The summed E-state index contributed by atoms with van der Waals surface area (Å²) in [6.07, 6.45) is 6.32. The van der Waals surface area contributed by atoms with E-state index in [4.69, 9.17) is 0 Å². The lowest BCUT2D eigenvalue weighted by Crippen LogP contribution is -2.48. The average molecular weight is 433 g/mol. The van der Waals surface area contributed by atoms with Gasteiger partial charge in [0.15, 0.2) is 0 Å². The van der Waals surface area contributed by atoms with Crippen LogP contribution in [0.25, 0.3) is 0 Å². The van der Waals surface area contributed by atoms with Gasteiger partial charge >= 0.3 is 0 Å². The minimum Gasteiger partial charge on any atom is -0.355 e. The van der Waals surface area contributed by atoms with E-state index in [2.05, 4.69) is 15.2 Å². The highest BCUT2D eigenvalue weighted by molar-refractivity contribution is 5.85. The Bertz CT molecular complexity index is 947. The summed E-state index contributed by atoms with van der Waals surface area (Å²) in [6.45, 7) is 3.57. The van der Waals surface area contributed by atoms with Crippen LogP contribution < -0.4 is 10.2 Å². The third-order valence-electron chi connectivity index (χ3n) is 7.41. The number of anilines is 1. The first-order chi connectivity index (χ1) is 15.6. The van der Waals surface area contributed by atoms with E-state index in [1.807, 2.05) is 53.4 Å². The van der Waals surface area contributed by atoms with Crippen molar-refractivity contribution < 1.29 is 9.59 Å². The molecule has 3 heterocycles. The molecule has 3 fully saturated rings. The van der Waals surface area contributed by atoms with Crippen LogP contribution in [0.4, 0.5) is 5.82 Å². The minimum absolute atomic E-state index is 0.103. The summed E-state index contributed by atoms with van der Waals surface area (Å²) in [5, 5.41) is 3.27. The van der Waals surface area contributed by atoms with Crippen LogP contribution in [0.1, 0.15) is 31.2 Å². The fourth-order valence-corrected chi connectivity index (χ4v) is 5.36. The molecular formula is C26H32N4O2. The van der Waals surface area contributed by atoms with Gasteiger partial charge in [-0.2, -0.15) is 0 Å². The molecule has 2 aromatic rings. The predicted molar refractivity (Wildman–Crippen MR) is 124 cm³/mol. The Balaban J connectivity index is 1.36. The maximum atomic E-state index is 13.6. The van der Waals surface area contributed by atoms with Crippen molar-refractivity contribution in [3.8, 4) is 0 Å². The summed E-state index contributed by atoms with van der Waals surface area (Å²) in [5.74, 6) is 1.99. The number of nitrogens with one attached hydrogen (secondary N) is 1. The third-order valence-corrected chi connectivity index (χ3v) is 7.41. The van der Waals surface area contributed by atoms with Gasteiger partial charge in [0.25, 0.3) is 0 Å². The number of amides is 2. The Morgan fingerprint density at radius 1 is 1.06 bits per heavy atom. The number of hydrogen-bond donors (Lipinski definition) is 1. The summed E-state index contributed by atoms with van der Waals surface area (Å²) < 4.78 is 0. The van der Waals surface area contributed by atoms with E-state index in [0.717, 1.165) is 43.9 Å². The first-order valence-electron chi connectivity index (χ1n) is 11.9. The van der Waals surface area contributed by atoms with Gasteiger partial charge < -0.3 is 15.1 Å². The number of likely N-dealkylation sites (tertiary alicyclic amines) is 1. The van der Waals surface area contributed by atoms with Gasteiger partial charge in [-0.1, -0.05) is 36.4 Å². The van der Waals surface area contributed by atoms with Gasteiger partial charge in [0, 0.05) is 44.8 Å². The van der Waals surface area contributed by atoms with E-state index >= 15 is 0 Å². The minimum atomic E-state index is -0.464. The van der Waals surface area contributed by atoms with E-state index in [9.17, 15) is 9.59 Å². The lowest BCUT2D eigenvalue weighted by Gasteiger charge is -2.32. The normalized spacial score (nSPS) is 25.2. The van der Waals surface area contributed by atoms with Crippen molar-refractivity contribution in [2.75, 3.05) is 37.6 Å². The number of aromatic nitrogens is 1. The molecule has 6 nitrogen and oxygen atoms in total. The van der Waals surface area contributed by atoms with Crippen molar-refractivity contribution in [2.45, 2.75) is 32.1 Å². The molecule has 2 amide bonds. The van der Waals surface area contributed by atoms with Crippen molar-refractivity contribution in [1.29, 1.82) is 0 Å². The van der Waals surface area contributed by atoms with Gasteiger partial charge in [-0.25, -0.2) is 4.98 Å². The van der Waals surface area contributed by atoms with Gasteiger partial charge in [-0.3, -0.25) is 9.59 Å². The largest absolute Gasteiger partial charge is 0.355 e. The lowest BCUT2D eigenvalue weighted by molar-refractivity contribution is -0.135. The van der Waals surface area contributed by atoms with Crippen LogP contribution in [0.15, 0.2) is 54.7 Å². The van der Waals surface area contributed by atoms with Crippen molar-refractivity contribution >= 4 is 17.6 Å². The monoisotopic (exact) mass is 432 g/mol. The number of pyridine rings is 1. The predicted octanol–water partition coefficient (Wildman–Crippen LogP) is 2.90. The van der Waals surface area contributed by atoms with Gasteiger partial charge in [0.1, 0.15) is 5.82 Å². The molecule has 0 spiro atoms. The number of benzene rings is 1. The number of rotatable bonds is 6. The van der Waals surface area contributed by atoms with Crippen LogP contribution in [0.2, 0.25) is 0 Å². The molecule has 2 saturated heterocycles. The molecule has 32 heavy (non-hydrogen) atoms. The van der Waals surface area contributed by atoms with Crippen molar-refractivity contribution in [3.63, 3.8) is 0 Å². The van der Waals surface area contributed by atoms with E-state index in [1.54, 1.807) is 6.20 Å². The summed E-state index contributed by atoms with van der Waals surface area (Å²) in [4.78, 5) is 35.5. The van der Waals surface area contributed by atoms with Crippen LogP contribution in [-0.4, -0.2) is 54.4 Å². The smallest absolute Gasteiger partial charge is 0.228 e. The third kappa shape index (κ3) is 4.36. The number of carbonyl (C=O) groups is 2. The molecule has 1 saturated carbocycles. The van der Waals surface area contributed by atoms with E-state index in [-0.39, 0.29) is 17.7 Å². The molecule has 1 aliphatic carbocycles. The topological polar surface area (TPSA) is 65.5 Å². The second kappa shape index (κ2) is 8.93. The molecule has 168 valence electrons. The zero-order valence-electron chi connectivity index (χ0n) is 18.6. The molecule has 0 unspecified atom stereocenters. The molecule has 1 aromatic carbocycles. The van der Waals surface area contributed by atoms with Crippen LogP contribution in [0, 0.1) is 17.3 Å². The number of nitrogens with zero attached hydrogens (tertiary/aromatic N) is 3. The van der Waals surface area contributed by atoms with Crippen LogP contribution in [-0.2, 0) is 16.0 Å². The van der Waals surface area contributed by atoms with Crippen molar-refractivity contribution in [3.05, 3.63) is 60.3 Å². The highest BCUT2D eigenvalue weighted by Crippen LogP contribution is 2.44. The molecule has 1 aromatic heterocycles. The molecule has 0 radical (unpaired) electrons. The average Bonchev–Trinajstić information content (AvgIpc) is 3.61. The maximum absolute atomic E-state index is 13.6. The first-order valence-corrected chi connectivity index (χ1v) is 11.9. The molecule has 5 rings (SSSR count). The Morgan fingerprint density at radius 3 is 2.62 bits per heavy atom. The first kappa shape index (κ1) is 21.0. The number of hydrogen-bond acceptors (Lipinski definition) is 4. The SMILES string of the molecule is O=C(Cc1ccccc1)N1CCC[C@]2(C(=O)NCC3CC3)CN(c3ccccn3)C[C@@H]2C1. The summed E-state index contributed by atoms with van der Waals surface area (Å²) >= 11 is 0. The van der Waals surface area contributed by atoms with Gasteiger partial charge in [-0.15, -0.1) is 0 Å².